The van der Waals surface area contributed by atoms with Crippen molar-refractivity contribution in [3.63, 3.8) is 0 Å². The van der Waals surface area contributed by atoms with Gasteiger partial charge in [-0.3, -0.25) is 0 Å². The number of hydrogen-bond acceptors (Lipinski definition) is 8. The zero-order valence-corrected chi connectivity index (χ0v) is 19.9. The van der Waals surface area contributed by atoms with Gasteiger partial charge >= 0.3 is 6.18 Å². The van der Waals surface area contributed by atoms with Crippen LogP contribution in [0.25, 0.3) is 10.3 Å². The molecule has 0 atom stereocenters. The zero-order chi connectivity index (χ0) is 24.5. The molecule has 34 heavy (non-hydrogen) atoms. The molecule has 0 aliphatic rings. The number of nitrogen functional groups attached to an aromatic ring is 1. The van der Waals surface area contributed by atoms with Crippen molar-refractivity contribution in [2.45, 2.75) is 6.18 Å². The Bertz CT molecular complexity index is 1290. The Balaban J connectivity index is 1.78. The molecule has 0 aliphatic heterocycles. The number of aromatic nitrogens is 3. The highest BCUT2D eigenvalue weighted by Gasteiger charge is 2.30. The number of benzene rings is 2. The predicted octanol–water partition coefficient (Wildman–Crippen LogP) is 6.10. The minimum atomic E-state index is -4.43. The second kappa shape index (κ2) is 9.79. The fraction of sp³-hybridized carbons (Fsp3) is 0.190. The Morgan fingerprint density at radius 3 is 2.32 bits per heavy atom. The number of rotatable bonds is 7. The number of nitrogens with zero attached hydrogens (tertiary/aromatic N) is 4. The Morgan fingerprint density at radius 1 is 1.03 bits per heavy atom. The van der Waals surface area contributed by atoms with Gasteiger partial charge in [0.1, 0.15) is 5.52 Å². The summed E-state index contributed by atoms with van der Waals surface area (Å²) in [6, 6.07) is 9.93. The van der Waals surface area contributed by atoms with E-state index in [4.69, 9.17) is 28.9 Å². The molecule has 13 heteroatoms. The topological polar surface area (TPSA) is 92.0 Å². The third-order valence-corrected chi connectivity index (χ3v) is 6.29. The number of nitrogens with one attached hydrogen (secondary N) is 2. The van der Waals surface area contributed by atoms with E-state index in [1.165, 1.54) is 23.5 Å². The number of fused-ring (bicyclic) bond motifs is 1. The van der Waals surface area contributed by atoms with E-state index in [1.807, 2.05) is 0 Å². The SMILES string of the molecule is CNCCN(c1ccc(C(F)(F)F)cc1)c1nc(N)nc2sc(Nc3c(Cl)cccc3Cl)nc12. The van der Waals surface area contributed by atoms with Crippen LogP contribution >= 0.6 is 34.5 Å². The molecule has 0 radical (unpaired) electrons. The van der Waals surface area contributed by atoms with E-state index in [0.29, 0.717) is 55.8 Å². The molecule has 0 aliphatic carbocycles. The van der Waals surface area contributed by atoms with Gasteiger partial charge in [-0.15, -0.1) is 0 Å². The molecule has 0 saturated carbocycles. The highest BCUT2D eigenvalue weighted by molar-refractivity contribution is 7.22. The molecule has 7 nitrogen and oxygen atoms in total. The van der Waals surface area contributed by atoms with Crippen molar-refractivity contribution in [1.29, 1.82) is 0 Å². The average Bonchev–Trinajstić information content (AvgIpc) is 3.18. The van der Waals surface area contributed by atoms with Gasteiger partial charge in [-0.05, 0) is 43.4 Å². The maximum Gasteiger partial charge on any atom is 0.416 e. The molecule has 2 aromatic heterocycles. The largest absolute Gasteiger partial charge is 0.416 e. The predicted molar refractivity (Wildman–Crippen MR) is 132 cm³/mol. The van der Waals surface area contributed by atoms with Gasteiger partial charge in [0.15, 0.2) is 15.8 Å². The number of anilines is 5. The summed E-state index contributed by atoms with van der Waals surface area (Å²) in [5.41, 5.74) is 6.64. The van der Waals surface area contributed by atoms with Crippen molar-refractivity contribution in [1.82, 2.24) is 20.3 Å². The summed E-state index contributed by atoms with van der Waals surface area (Å²) in [5, 5.41) is 7.41. The summed E-state index contributed by atoms with van der Waals surface area (Å²) in [7, 11) is 1.77. The molecule has 0 bridgehead atoms. The van der Waals surface area contributed by atoms with E-state index in [9.17, 15) is 13.2 Å². The Kier molecular flexibility index (Phi) is 6.99. The van der Waals surface area contributed by atoms with Crippen LogP contribution < -0.4 is 21.3 Å². The number of nitrogens with two attached hydrogens (primary N) is 1. The van der Waals surface area contributed by atoms with Gasteiger partial charge in [-0.2, -0.15) is 18.2 Å². The van der Waals surface area contributed by atoms with Crippen molar-refractivity contribution in [3.05, 3.63) is 58.1 Å². The van der Waals surface area contributed by atoms with E-state index in [2.05, 4.69) is 25.6 Å². The molecule has 0 unspecified atom stereocenters. The molecule has 4 N–H and O–H groups in total. The van der Waals surface area contributed by atoms with Gasteiger partial charge in [0.25, 0.3) is 0 Å². The lowest BCUT2D eigenvalue weighted by Crippen LogP contribution is -2.28. The lowest BCUT2D eigenvalue weighted by molar-refractivity contribution is -0.137. The van der Waals surface area contributed by atoms with Crippen LogP contribution in [0.5, 0.6) is 0 Å². The van der Waals surface area contributed by atoms with E-state index in [1.54, 1.807) is 30.1 Å². The van der Waals surface area contributed by atoms with Crippen LogP contribution in [0.1, 0.15) is 5.56 Å². The summed E-state index contributed by atoms with van der Waals surface area (Å²) in [4.78, 5) is 15.5. The molecular weight excluding hydrogens is 510 g/mol. The second-order valence-corrected chi connectivity index (χ2v) is 8.89. The number of hydrogen-bond donors (Lipinski definition) is 3. The molecule has 0 fully saturated rings. The first-order chi connectivity index (χ1) is 16.2. The summed E-state index contributed by atoms with van der Waals surface area (Å²) < 4.78 is 39.2. The molecule has 0 amide bonds. The molecule has 2 aromatic carbocycles. The van der Waals surface area contributed by atoms with Crippen molar-refractivity contribution in [3.8, 4) is 0 Å². The van der Waals surface area contributed by atoms with E-state index >= 15 is 0 Å². The maximum atomic E-state index is 13.1. The van der Waals surface area contributed by atoms with Crippen molar-refractivity contribution >= 4 is 73.2 Å². The fourth-order valence-electron chi connectivity index (χ4n) is 3.20. The van der Waals surface area contributed by atoms with Crippen LogP contribution in [-0.2, 0) is 6.18 Å². The van der Waals surface area contributed by atoms with Gasteiger partial charge in [0.2, 0.25) is 5.95 Å². The highest BCUT2D eigenvalue weighted by atomic mass is 35.5. The molecular formula is C21H18Cl2F3N7S. The number of likely N-dealkylation sites (N-methyl/N-ethyl adjacent to an activating group) is 1. The van der Waals surface area contributed by atoms with E-state index in [0.717, 1.165) is 12.1 Å². The van der Waals surface area contributed by atoms with Crippen LogP contribution in [-0.4, -0.2) is 35.1 Å². The van der Waals surface area contributed by atoms with Crippen LogP contribution in [0.4, 0.5) is 41.4 Å². The molecule has 178 valence electrons. The van der Waals surface area contributed by atoms with Crippen LogP contribution in [0.3, 0.4) is 0 Å². The van der Waals surface area contributed by atoms with Gasteiger partial charge < -0.3 is 21.3 Å². The van der Waals surface area contributed by atoms with E-state index < -0.39 is 11.7 Å². The first kappa shape index (κ1) is 24.3. The molecule has 4 aromatic rings. The summed E-state index contributed by atoms with van der Waals surface area (Å²) in [6.45, 7) is 0.918. The first-order valence-electron chi connectivity index (χ1n) is 9.92. The summed E-state index contributed by atoms with van der Waals surface area (Å²) >= 11 is 13.7. The molecule has 0 spiro atoms. The first-order valence-corrected chi connectivity index (χ1v) is 11.5. The number of alkyl halides is 3. The smallest absolute Gasteiger partial charge is 0.368 e. The Morgan fingerprint density at radius 2 is 1.71 bits per heavy atom. The third kappa shape index (κ3) is 5.12. The molecule has 2 heterocycles. The summed E-state index contributed by atoms with van der Waals surface area (Å²) in [5.74, 6) is 0.377. The maximum absolute atomic E-state index is 13.1. The second-order valence-electron chi connectivity index (χ2n) is 7.10. The van der Waals surface area contributed by atoms with Gasteiger partial charge in [-0.25, -0.2) is 9.97 Å². The standard InChI is InChI=1S/C21H18Cl2F3N7S/c1-28-9-10-33(12-7-5-11(6-8-12)21(24,25)26)17-16-18(32-19(27)31-17)34-20(30-16)29-15-13(22)3-2-4-14(15)23/h2-8,28H,9-10H2,1H3,(H,29,30)(H2,27,31,32). The van der Waals surface area contributed by atoms with E-state index in [-0.39, 0.29) is 5.95 Å². The summed E-state index contributed by atoms with van der Waals surface area (Å²) in [6.07, 6.45) is -4.43. The highest BCUT2D eigenvalue weighted by Crippen LogP contribution is 2.39. The third-order valence-electron chi connectivity index (χ3n) is 4.80. The zero-order valence-electron chi connectivity index (χ0n) is 17.6. The quantitative estimate of drug-likeness (QED) is 0.267. The molecule has 0 saturated heterocycles. The van der Waals surface area contributed by atoms with Gasteiger partial charge in [-0.1, -0.05) is 40.6 Å². The van der Waals surface area contributed by atoms with Crippen LogP contribution in [0.2, 0.25) is 10.0 Å². The van der Waals surface area contributed by atoms with Gasteiger partial charge in [0.05, 0.1) is 21.3 Å². The minimum Gasteiger partial charge on any atom is -0.368 e. The monoisotopic (exact) mass is 527 g/mol. The lowest BCUT2D eigenvalue weighted by atomic mass is 10.2. The lowest BCUT2D eigenvalue weighted by Gasteiger charge is -2.24. The van der Waals surface area contributed by atoms with Crippen LogP contribution in [0, 0.1) is 0 Å². The van der Waals surface area contributed by atoms with Crippen molar-refractivity contribution in [2.24, 2.45) is 0 Å². The minimum absolute atomic E-state index is 0.00912. The number of halogens is 5. The Labute approximate surface area is 206 Å². The molecule has 4 rings (SSSR count). The van der Waals surface area contributed by atoms with Crippen molar-refractivity contribution in [2.75, 3.05) is 36.1 Å². The normalized spacial score (nSPS) is 11.7. The Hall–Kier alpha value is -2.86. The number of thiazole rings is 1. The van der Waals surface area contributed by atoms with Crippen LogP contribution in [0.15, 0.2) is 42.5 Å². The van der Waals surface area contributed by atoms with Gasteiger partial charge in [0, 0.05) is 18.8 Å². The average molecular weight is 528 g/mol. The fourth-order valence-corrected chi connectivity index (χ4v) is 4.54. The number of para-hydroxylation sites is 1. The van der Waals surface area contributed by atoms with Crippen molar-refractivity contribution < 1.29 is 13.2 Å².